The minimum atomic E-state index is 0.0259. The number of carbonyl (C=O) groups excluding carboxylic acids is 2. The molecule has 2 amide bonds. The van der Waals surface area contributed by atoms with Gasteiger partial charge in [-0.3, -0.25) is 9.59 Å². The number of amides is 2. The van der Waals surface area contributed by atoms with Crippen LogP contribution >= 0.6 is 0 Å². The molecule has 2 aromatic rings. The molecule has 1 atom stereocenters. The Morgan fingerprint density at radius 3 is 2.07 bits per heavy atom. The molecule has 1 unspecified atom stereocenters. The van der Waals surface area contributed by atoms with Gasteiger partial charge in [0.05, 0.1) is 5.92 Å². The van der Waals surface area contributed by atoms with Gasteiger partial charge >= 0.3 is 0 Å². The van der Waals surface area contributed by atoms with Gasteiger partial charge in [-0.1, -0.05) is 70.7 Å². The molecule has 6 nitrogen and oxygen atoms in total. The molecule has 2 aromatic carbocycles. The number of piperidine rings is 1. The van der Waals surface area contributed by atoms with Crippen LogP contribution in [0, 0.1) is 5.92 Å². The summed E-state index contributed by atoms with van der Waals surface area (Å²) in [6, 6.07) is 16.3. The average molecular weight is 563 g/mol. The molecule has 0 aliphatic carbocycles. The van der Waals surface area contributed by atoms with Crippen molar-refractivity contribution in [3.8, 4) is 0 Å². The fourth-order valence-corrected chi connectivity index (χ4v) is 5.42. The number of carbonyl (C=O) groups is 2. The van der Waals surface area contributed by atoms with Gasteiger partial charge in [0.2, 0.25) is 5.91 Å². The molecule has 0 aromatic heterocycles. The van der Waals surface area contributed by atoms with Gasteiger partial charge in [0.15, 0.2) is 0 Å². The number of hydrogen-bond donors (Lipinski definition) is 2. The van der Waals surface area contributed by atoms with Crippen molar-refractivity contribution in [3.05, 3.63) is 65.2 Å². The zero-order valence-corrected chi connectivity index (χ0v) is 25.9. The molecule has 0 saturated carbocycles. The van der Waals surface area contributed by atoms with Crippen molar-refractivity contribution in [2.75, 3.05) is 44.6 Å². The predicted molar refractivity (Wildman–Crippen MR) is 171 cm³/mol. The second kappa shape index (κ2) is 18.7. The van der Waals surface area contributed by atoms with Crippen LogP contribution in [0.15, 0.2) is 48.5 Å². The monoisotopic (exact) mass is 562 g/mol. The maximum atomic E-state index is 13.8. The standard InChI is InChI=1S/C35H54N4O2/c1-4-7-10-12-29-14-18-31(19-15-29)35(41)39(26-25-38(23-8-5-2)24-9-6-3)28-30-16-20-33(21-17-30)37-34(40)32-13-11-22-36-27-32/h14-21,32,36H,4-13,22-28H2,1-3H3,(H,37,40). The van der Waals surface area contributed by atoms with Gasteiger partial charge in [-0.15, -0.1) is 0 Å². The summed E-state index contributed by atoms with van der Waals surface area (Å²) in [4.78, 5) is 31.0. The van der Waals surface area contributed by atoms with Gasteiger partial charge in [-0.05, 0) is 93.6 Å². The summed E-state index contributed by atoms with van der Waals surface area (Å²) < 4.78 is 0. The number of aryl methyl sites for hydroxylation is 1. The second-order valence-corrected chi connectivity index (χ2v) is 11.7. The minimum Gasteiger partial charge on any atom is -0.333 e. The van der Waals surface area contributed by atoms with Crippen molar-refractivity contribution in [2.24, 2.45) is 5.92 Å². The highest BCUT2D eigenvalue weighted by Gasteiger charge is 2.21. The molecule has 1 saturated heterocycles. The lowest BCUT2D eigenvalue weighted by Crippen LogP contribution is -2.39. The normalized spacial score (nSPS) is 15.2. The van der Waals surface area contributed by atoms with E-state index in [1.54, 1.807) is 0 Å². The summed E-state index contributed by atoms with van der Waals surface area (Å²) in [6.07, 6.45) is 11.4. The summed E-state index contributed by atoms with van der Waals surface area (Å²) in [5.41, 5.74) is 3.93. The highest BCUT2D eigenvalue weighted by Crippen LogP contribution is 2.18. The zero-order chi connectivity index (χ0) is 29.3. The lowest BCUT2D eigenvalue weighted by atomic mass is 9.99. The highest BCUT2D eigenvalue weighted by atomic mass is 16.2. The maximum absolute atomic E-state index is 13.8. The largest absolute Gasteiger partial charge is 0.333 e. The summed E-state index contributed by atoms with van der Waals surface area (Å²) >= 11 is 0. The number of benzene rings is 2. The summed E-state index contributed by atoms with van der Waals surface area (Å²) in [7, 11) is 0. The summed E-state index contributed by atoms with van der Waals surface area (Å²) in [5, 5.41) is 6.39. The number of unbranched alkanes of at least 4 members (excludes halogenated alkanes) is 4. The number of rotatable bonds is 18. The predicted octanol–water partition coefficient (Wildman–Crippen LogP) is 6.90. The first kappa shape index (κ1) is 32.8. The van der Waals surface area contributed by atoms with Crippen LogP contribution in [-0.2, 0) is 17.8 Å². The maximum Gasteiger partial charge on any atom is 0.254 e. The number of nitrogens with zero attached hydrogens (tertiary/aromatic N) is 2. The third-order valence-electron chi connectivity index (χ3n) is 8.16. The molecule has 1 aliphatic heterocycles. The third kappa shape index (κ3) is 11.6. The van der Waals surface area contributed by atoms with Crippen LogP contribution < -0.4 is 10.6 Å². The molecular formula is C35H54N4O2. The molecule has 1 fully saturated rings. The summed E-state index contributed by atoms with van der Waals surface area (Å²) in [5.74, 6) is 0.190. The van der Waals surface area contributed by atoms with E-state index in [0.29, 0.717) is 13.1 Å². The number of nitrogens with one attached hydrogen (secondary N) is 2. The SMILES string of the molecule is CCCCCc1ccc(C(=O)N(CCN(CCCC)CCCC)Cc2ccc(NC(=O)C3CCCNC3)cc2)cc1. The molecule has 0 bridgehead atoms. The van der Waals surface area contributed by atoms with Crippen LogP contribution in [0.3, 0.4) is 0 Å². The molecule has 3 rings (SSSR count). The molecule has 2 N–H and O–H groups in total. The van der Waals surface area contributed by atoms with Gasteiger partial charge in [-0.25, -0.2) is 0 Å². The minimum absolute atomic E-state index is 0.0259. The van der Waals surface area contributed by atoms with Crippen molar-refractivity contribution in [1.82, 2.24) is 15.1 Å². The first-order valence-electron chi connectivity index (χ1n) is 16.2. The van der Waals surface area contributed by atoms with Crippen molar-refractivity contribution >= 4 is 17.5 Å². The first-order valence-corrected chi connectivity index (χ1v) is 16.2. The first-order chi connectivity index (χ1) is 20.0. The van der Waals surface area contributed by atoms with E-state index in [4.69, 9.17) is 0 Å². The Kier molecular flexibility index (Phi) is 14.9. The Morgan fingerprint density at radius 2 is 1.46 bits per heavy atom. The fraction of sp³-hybridized carbons (Fsp3) is 0.600. The van der Waals surface area contributed by atoms with E-state index < -0.39 is 0 Å². The molecule has 226 valence electrons. The van der Waals surface area contributed by atoms with Crippen LogP contribution in [0.4, 0.5) is 5.69 Å². The van der Waals surface area contributed by atoms with Gasteiger partial charge in [0, 0.05) is 37.4 Å². The van der Waals surface area contributed by atoms with E-state index in [0.717, 1.165) is 68.8 Å². The van der Waals surface area contributed by atoms with E-state index in [-0.39, 0.29) is 17.7 Å². The lowest BCUT2D eigenvalue weighted by molar-refractivity contribution is -0.120. The van der Waals surface area contributed by atoms with E-state index in [9.17, 15) is 9.59 Å². The number of anilines is 1. The lowest BCUT2D eigenvalue weighted by Gasteiger charge is -2.28. The quantitative estimate of drug-likeness (QED) is 0.194. The van der Waals surface area contributed by atoms with Crippen LogP contribution in [0.5, 0.6) is 0 Å². The molecule has 0 spiro atoms. The van der Waals surface area contributed by atoms with Crippen LogP contribution in [0.2, 0.25) is 0 Å². The van der Waals surface area contributed by atoms with E-state index in [2.05, 4.69) is 48.4 Å². The Balaban J connectivity index is 1.69. The average Bonchev–Trinajstić information content (AvgIpc) is 3.01. The zero-order valence-electron chi connectivity index (χ0n) is 25.9. The van der Waals surface area contributed by atoms with Crippen LogP contribution in [0.1, 0.15) is 100 Å². The van der Waals surface area contributed by atoms with E-state index >= 15 is 0 Å². The molecule has 1 aliphatic rings. The molecule has 41 heavy (non-hydrogen) atoms. The smallest absolute Gasteiger partial charge is 0.254 e. The van der Waals surface area contributed by atoms with Gasteiger partial charge in [0.1, 0.15) is 0 Å². The molecule has 6 heteroatoms. The Labute approximate surface area is 249 Å². The van der Waals surface area contributed by atoms with E-state index in [1.165, 1.54) is 50.5 Å². The Bertz CT molecular complexity index is 1010. The van der Waals surface area contributed by atoms with Gasteiger partial charge in [0.25, 0.3) is 5.91 Å². The molecular weight excluding hydrogens is 508 g/mol. The van der Waals surface area contributed by atoms with Crippen molar-refractivity contribution < 1.29 is 9.59 Å². The van der Waals surface area contributed by atoms with Crippen LogP contribution in [0.25, 0.3) is 0 Å². The Morgan fingerprint density at radius 1 is 0.805 bits per heavy atom. The van der Waals surface area contributed by atoms with Gasteiger partial charge < -0.3 is 20.4 Å². The summed E-state index contributed by atoms with van der Waals surface area (Å²) in [6.45, 7) is 12.7. The van der Waals surface area contributed by atoms with Crippen molar-refractivity contribution in [3.63, 3.8) is 0 Å². The Hall–Kier alpha value is -2.70. The molecule has 0 radical (unpaired) electrons. The topological polar surface area (TPSA) is 64.7 Å². The van der Waals surface area contributed by atoms with Crippen molar-refractivity contribution in [2.45, 2.75) is 91.5 Å². The molecule has 1 heterocycles. The van der Waals surface area contributed by atoms with Crippen molar-refractivity contribution in [1.29, 1.82) is 0 Å². The number of hydrogen-bond acceptors (Lipinski definition) is 4. The van der Waals surface area contributed by atoms with Crippen LogP contribution in [-0.4, -0.2) is 60.9 Å². The highest BCUT2D eigenvalue weighted by molar-refractivity contribution is 5.94. The van der Waals surface area contributed by atoms with Gasteiger partial charge in [-0.2, -0.15) is 0 Å². The third-order valence-corrected chi connectivity index (χ3v) is 8.16. The fourth-order valence-electron chi connectivity index (χ4n) is 5.42. The van der Waals surface area contributed by atoms with E-state index in [1.807, 2.05) is 41.3 Å². The second-order valence-electron chi connectivity index (χ2n) is 11.7.